The molecule has 0 aromatic heterocycles. The maximum atomic E-state index is 12.6. The summed E-state index contributed by atoms with van der Waals surface area (Å²) in [6, 6.07) is 20.9. The summed E-state index contributed by atoms with van der Waals surface area (Å²) < 4.78 is 0. The van der Waals surface area contributed by atoms with Crippen molar-refractivity contribution in [2.75, 3.05) is 49.5 Å². The zero-order valence-corrected chi connectivity index (χ0v) is 15.8. The van der Waals surface area contributed by atoms with Crippen LogP contribution in [0.3, 0.4) is 0 Å². The van der Waals surface area contributed by atoms with Crippen molar-refractivity contribution in [3.63, 3.8) is 0 Å². The van der Waals surface area contributed by atoms with Crippen molar-refractivity contribution >= 4 is 17.4 Å². The second-order valence-corrected chi connectivity index (χ2v) is 7.40. The summed E-state index contributed by atoms with van der Waals surface area (Å²) in [4.78, 5) is 19.6. The van der Waals surface area contributed by atoms with Crippen LogP contribution in [0.5, 0.6) is 0 Å². The molecule has 27 heavy (non-hydrogen) atoms. The SMILES string of the molecule is O=C(Nc1ccccc1)N1CCC[C@H](N2CCN(c3ccccc3)CC2)C1. The van der Waals surface area contributed by atoms with Gasteiger partial charge in [0.25, 0.3) is 0 Å². The lowest BCUT2D eigenvalue weighted by Crippen LogP contribution is -2.56. The largest absolute Gasteiger partial charge is 0.369 e. The maximum absolute atomic E-state index is 12.6. The average molecular weight is 364 g/mol. The van der Waals surface area contributed by atoms with Gasteiger partial charge in [-0.25, -0.2) is 4.79 Å². The third-order valence-corrected chi connectivity index (χ3v) is 5.66. The Hall–Kier alpha value is -2.53. The molecule has 2 aromatic rings. The van der Waals surface area contributed by atoms with Crippen LogP contribution in [-0.2, 0) is 0 Å². The molecule has 1 N–H and O–H groups in total. The molecule has 0 radical (unpaired) electrons. The molecule has 0 aliphatic carbocycles. The quantitative estimate of drug-likeness (QED) is 0.906. The van der Waals surface area contributed by atoms with Gasteiger partial charge in [0.15, 0.2) is 0 Å². The van der Waals surface area contributed by atoms with Gasteiger partial charge in [0.05, 0.1) is 0 Å². The molecule has 1 atom stereocenters. The van der Waals surface area contributed by atoms with Crippen molar-refractivity contribution in [2.24, 2.45) is 0 Å². The van der Waals surface area contributed by atoms with Gasteiger partial charge in [-0.05, 0) is 37.1 Å². The van der Waals surface area contributed by atoms with Crippen molar-refractivity contribution < 1.29 is 4.79 Å². The van der Waals surface area contributed by atoms with E-state index in [1.807, 2.05) is 35.2 Å². The fourth-order valence-electron chi connectivity index (χ4n) is 4.15. The van der Waals surface area contributed by atoms with E-state index in [4.69, 9.17) is 0 Å². The van der Waals surface area contributed by atoms with E-state index >= 15 is 0 Å². The molecule has 2 fully saturated rings. The highest BCUT2D eigenvalue weighted by Crippen LogP contribution is 2.21. The molecule has 0 spiro atoms. The van der Waals surface area contributed by atoms with E-state index in [0.29, 0.717) is 6.04 Å². The molecule has 4 rings (SSSR count). The number of piperazine rings is 1. The first kappa shape index (κ1) is 17.9. The van der Waals surface area contributed by atoms with Gasteiger partial charge in [0.2, 0.25) is 0 Å². The van der Waals surface area contributed by atoms with Crippen molar-refractivity contribution in [1.29, 1.82) is 0 Å². The molecular weight excluding hydrogens is 336 g/mol. The third-order valence-electron chi connectivity index (χ3n) is 5.66. The van der Waals surface area contributed by atoms with Crippen LogP contribution in [0.25, 0.3) is 0 Å². The summed E-state index contributed by atoms with van der Waals surface area (Å²) in [6.45, 7) is 5.90. The number of amides is 2. The zero-order chi connectivity index (χ0) is 18.5. The summed E-state index contributed by atoms with van der Waals surface area (Å²) in [6.07, 6.45) is 2.26. The molecule has 5 nitrogen and oxygen atoms in total. The summed E-state index contributed by atoms with van der Waals surface area (Å²) in [5, 5.41) is 3.02. The standard InChI is InChI=1S/C22H28N4O/c27-22(23-19-8-3-1-4-9-19)26-13-7-12-21(18-26)25-16-14-24(15-17-25)20-10-5-2-6-11-20/h1-6,8-11,21H,7,12-18H2,(H,23,27)/t21-/m0/s1. The molecule has 2 amide bonds. The lowest BCUT2D eigenvalue weighted by Gasteiger charge is -2.43. The molecule has 0 bridgehead atoms. The van der Waals surface area contributed by atoms with Crippen LogP contribution < -0.4 is 10.2 Å². The second-order valence-electron chi connectivity index (χ2n) is 7.40. The van der Waals surface area contributed by atoms with Gasteiger partial charge in [0.1, 0.15) is 0 Å². The minimum absolute atomic E-state index is 0.0221. The summed E-state index contributed by atoms with van der Waals surface area (Å²) >= 11 is 0. The number of benzene rings is 2. The van der Waals surface area contributed by atoms with E-state index in [1.54, 1.807) is 0 Å². The van der Waals surface area contributed by atoms with E-state index in [1.165, 1.54) is 12.1 Å². The number of hydrogen-bond donors (Lipinski definition) is 1. The minimum Gasteiger partial charge on any atom is -0.369 e. The third kappa shape index (κ3) is 4.42. The molecular formula is C22H28N4O. The first-order valence-corrected chi connectivity index (χ1v) is 9.94. The van der Waals surface area contributed by atoms with Crippen LogP contribution in [0.1, 0.15) is 12.8 Å². The zero-order valence-electron chi connectivity index (χ0n) is 15.8. The number of likely N-dealkylation sites (tertiary alicyclic amines) is 1. The molecule has 5 heteroatoms. The Kier molecular flexibility index (Phi) is 5.58. The number of para-hydroxylation sites is 2. The van der Waals surface area contributed by atoms with Gasteiger partial charge >= 0.3 is 6.03 Å². The number of nitrogens with zero attached hydrogens (tertiary/aromatic N) is 3. The maximum Gasteiger partial charge on any atom is 0.321 e. The monoisotopic (exact) mass is 364 g/mol. The van der Waals surface area contributed by atoms with E-state index in [9.17, 15) is 4.79 Å². The normalized spacial score (nSPS) is 21.1. The van der Waals surface area contributed by atoms with E-state index in [0.717, 1.165) is 51.4 Å². The molecule has 2 aliphatic heterocycles. The van der Waals surface area contributed by atoms with Gasteiger partial charge < -0.3 is 15.1 Å². The van der Waals surface area contributed by atoms with Crippen LogP contribution in [0.4, 0.5) is 16.2 Å². The first-order chi connectivity index (χ1) is 13.3. The number of rotatable bonds is 3. The van der Waals surface area contributed by atoms with Crippen LogP contribution >= 0.6 is 0 Å². The van der Waals surface area contributed by atoms with Crippen molar-refractivity contribution in [3.8, 4) is 0 Å². The number of piperidine rings is 1. The van der Waals surface area contributed by atoms with Crippen LogP contribution in [0.15, 0.2) is 60.7 Å². The van der Waals surface area contributed by atoms with Crippen LogP contribution in [-0.4, -0.2) is 61.1 Å². The van der Waals surface area contributed by atoms with E-state index in [-0.39, 0.29) is 6.03 Å². The highest BCUT2D eigenvalue weighted by atomic mass is 16.2. The lowest BCUT2D eigenvalue weighted by atomic mass is 10.0. The Morgan fingerprint density at radius 1 is 0.852 bits per heavy atom. The summed E-state index contributed by atoms with van der Waals surface area (Å²) in [7, 11) is 0. The smallest absolute Gasteiger partial charge is 0.321 e. The lowest BCUT2D eigenvalue weighted by molar-refractivity contribution is 0.108. The second kappa shape index (κ2) is 8.44. The number of nitrogens with one attached hydrogen (secondary N) is 1. The molecule has 0 unspecified atom stereocenters. The summed E-state index contributed by atoms with van der Waals surface area (Å²) in [5.41, 5.74) is 2.17. The predicted octanol–water partition coefficient (Wildman–Crippen LogP) is 3.51. The average Bonchev–Trinajstić information content (AvgIpc) is 2.75. The fourth-order valence-corrected chi connectivity index (χ4v) is 4.15. The summed E-state index contributed by atoms with van der Waals surface area (Å²) in [5.74, 6) is 0. The van der Waals surface area contributed by atoms with Crippen LogP contribution in [0.2, 0.25) is 0 Å². The highest BCUT2D eigenvalue weighted by Gasteiger charge is 2.30. The Morgan fingerprint density at radius 3 is 2.22 bits per heavy atom. The van der Waals surface area contributed by atoms with Crippen molar-refractivity contribution in [2.45, 2.75) is 18.9 Å². The van der Waals surface area contributed by atoms with E-state index in [2.05, 4.69) is 45.4 Å². The Balaban J connectivity index is 1.30. The molecule has 0 saturated carbocycles. The van der Waals surface area contributed by atoms with Crippen molar-refractivity contribution in [1.82, 2.24) is 9.80 Å². The van der Waals surface area contributed by atoms with Gasteiger partial charge in [-0.2, -0.15) is 0 Å². The van der Waals surface area contributed by atoms with E-state index < -0.39 is 0 Å². The van der Waals surface area contributed by atoms with Gasteiger partial charge in [-0.1, -0.05) is 36.4 Å². The molecule has 2 aromatic carbocycles. The fraction of sp³-hybridized carbons (Fsp3) is 0.409. The minimum atomic E-state index is 0.0221. The number of anilines is 2. The molecule has 2 saturated heterocycles. The number of hydrogen-bond acceptors (Lipinski definition) is 3. The number of carbonyl (C=O) groups excluding carboxylic acids is 1. The Labute approximate surface area is 161 Å². The molecule has 2 heterocycles. The number of carbonyl (C=O) groups is 1. The van der Waals surface area contributed by atoms with Crippen LogP contribution in [0, 0.1) is 0 Å². The van der Waals surface area contributed by atoms with Crippen molar-refractivity contribution in [3.05, 3.63) is 60.7 Å². The van der Waals surface area contributed by atoms with Gasteiger partial charge in [0, 0.05) is 56.7 Å². The van der Waals surface area contributed by atoms with Gasteiger partial charge in [-0.15, -0.1) is 0 Å². The predicted molar refractivity (Wildman–Crippen MR) is 110 cm³/mol. The molecule has 142 valence electrons. The van der Waals surface area contributed by atoms with Gasteiger partial charge in [-0.3, -0.25) is 4.90 Å². The molecule has 2 aliphatic rings. The number of urea groups is 1. The topological polar surface area (TPSA) is 38.8 Å². The Bertz CT molecular complexity index is 728. The highest BCUT2D eigenvalue weighted by molar-refractivity contribution is 5.89. The first-order valence-electron chi connectivity index (χ1n) is 9.94. The Morgan fingerprint density at radius 2 is 1.52 bits per heavy atom.